The van der Waals surface area contributed by atoms with Gasteiger partial charge in [-0.25, -0.2) is 4.99 Å². The summed E-state index contributed by atoms with van der Waals surface area (Å²) in [5.74, 6) is -0.195. The Morgan fingerprint density at radius 1 is 0.938 bits per heavy atom. The smallest absolute Gasteiger partial charge is 0.264 e. The number of hydrogen-bond donors (Lipinski definition) is 1. The van der Waals surface area contributed by atoms with Gasteiger partial charge in [0.2, 0.25) is 0 Å². The van der Waals surface area contributed by atoms with Gasteiger partial charge in [0.25, 0.3) is 5.91 Å². The monoisotopic (exact) mass is 437 g/mol. The highest BCUT2D eigenvalue weighted by atomic mass is 32.2. The molecule has 1 heterocycles. The summed E-state index contributed by atoms with van der Waals surface area (Å²) >= 11 is 1.28. The molecule has 3 aromatic carbocycles. The summed E-state index contributed by atoms with van der Waals surface area (Å²) in [6, 6.07) is 22.6. The summed E-state index contributed by atoms with van der Waals surface area (Å²) in [5.41, 5.74) is 5.74. The van der Waals surface area contributed by atoms with Gasteiger partial charge in [-0.3, -0.25) is 4.79 Å². The first-order valence-corrected chi connectivity index (χ1v) is 10.7. The molecule has 1 aliphatic heterocycles. The number of carbonyl (C=O) groups is 1. The van der Waals surface area contributed by atoms with Crippen LogP contribution in [0, 0.1) is 25.2 Å². The average Bonchev–Trinajstić information content (AvgIpc) is 3.14. The van der Waals surface area contributed by atoms with E-state index in [9.17, 15) is 4.79 Å². The maximum Gasteiger partial charge on any atom is 0.264 e. The van der Waals surface area contributed by atoms with Crippen molar-refractivity contribution in [2.24, 2.45) is 15.2 Å². The van der Waals surface area contributed by atoms with Crippen LogP contribution >= 0.6 is 11.8 Å². The Kier molecular flexibility index (Phi) is 6.24. The predicted octanol–water partition coefficient (Wildman–Crippen LogP) is 6.48. The molecule has 0 spiro atoms. The summed E-state index contributed by atoms with van der Waals surface area (Å²) in [6.07, 6.45) is 1.78. The van der Waals surface area contributed by atoms with Crippen LogP contribution in [0.2, 0.25) is 0 Å². The first-order valence-electron chi connectivity index (χ1n) is 9.89. The Balaban J connectivity index is 1.50. The van der Waals surface area contributed by atoms with E-state index in [1.54, 1.807) is 18.2 Å². The van der Waals surface area contributed by atoms with Gasteiger partial charge >= 0.3 is 0 Å². The first-order chi connectivity index (χ1) is 15.5. The third kappa shape index (κ3) is 4.99. The second-order valence-corrected chi connectivity index (χ2v) is 8.20. The highest BCUT2D eigenvalue weighted by Crippen LogP contribution is 2.31. The normalized spacial score (nSPS) is 16.0. The van der Waals surface area contributed by atoms with Crippen LogP contribution in [0.4, 0.5) is 17.1 Å². The summed E-state index contributed by atoms with van der Waals surface area (Å²) in [5, 5.41) is 20.9. The lowest BCUT2D eigenvalue weighted by Crippen LogP contribution is -2.19. The Labute approximate surface area is 190 Å². The lowest BCUT2D eigenvalue weighted by Gasteiger charge is -2.03. The van der Waals surface area contributed by atoms with E-state index in [1.807, 2.05) is 68.4 Å². The van der Waals surface area contributed by atoms with Crippen LogP contribution in [0.25, 0.3) is 6.08 Å². The van der Waals surface area contributed by atoms with Crippen molar-refractivity contribution in [3.63, 3.8) is 0 Å². The predicted molar refractivity (Wildman–Crippen MR) is 128 cm³/mol. The Morgan fingerprint density at radius 3 is 2.44 bits per heavy atom. The molecule has 1 N–H and O–H groups in total. The van der Waals surface area contributed by atoms with E-state index in [0.717, 1.165) is 33.8 Å². The minimum Gasteiger partial charge on any atom is -0.300 e. The molecule has 3 aromatic rings. The number of nitrogens with one attached hydrogen (secondary N) is 1. The van der Waals surface area contributed by atoms with Crippen molar-refractivity contribution in [2.45, 2.75) is 13.8 Å². The highest BCUT2D eigenvalue weighted by molar-refractivity contribution is 8.18. The number of thioether (sulfide) groups is 1. The number of rotatable bonds is 4. The van der Waals surface area contributed by atoms with Gasteiger partial charge in [-0.05, 0) is 84.8 Å². The van der Waals surface area contributed by atoms with Crippen LogP contribution in [-0.4, -0.2) is 11.1 Å². The van der Waals surface area contributed by atoms with E-state index in [1.165, 1.54) is 11.8 Å². The number of nitriles is 1. The molecule has 7 heteroatoms. The molecular formula is C25H19N5OS. The fourth-order valence-corrected chi connectivity index (χ4v) is 3.84. The van der Waals surface area contributed by atoms with E-state index in [-0.39, 0.29) is 5.91 Å². The van der Waals surface area contributed by atoms with Crippen molar-refractivity contribution >= 4 is 46.0 Å². The SMILES string of the molecule is Cc1ccccc1N=Nc1ccc(N=C2NC(=O)/C(=C/c3ccc(C#N)cc3)S2)c(C)c1. The van der Waals surface area contributed by atoms with Crippen molar-refractivity contribution in [1.82, 2.24) is 5.32 Å². The molecule has 1 fully saturated rings. The number of carbonyl (C=O) groups excluding carboxylic acids is 1. The lowest BCUT2D eigenvalue weighted by molar-refractivity contribution is -0.115. The van der Waals surface area contributed by atoms with Crippen molar-refractivity contribution in [2.75, 3.05) is 0 Å². The van der Waals surface area contributed by atoms with Crippen molar-refractivity contribution in [3.05, 3.63) is 93.9 Å². The topological polar surface area (TPSA) is 90.0 Å². The average molecular weight is 438 g/mol. The standard InChI is InChI=1S/C25H19N5OS/c1-16-5-3-4-6-22(16)30-29-20-11-12-21(17(2)13-20)27-25-28-24(31)23(32-25)14-18-7-9-19(15-26)10-8-18/h3-14H,1-2H3,(H,27,28,31)/b23-14-,30-29?. The van der Waals surface area contributed by atoms with Crippen LogP contribution in [-0.2, 0) is 4.79 Å². The van der Waals surface area contributed by atoms with Crippen molar-refractivity contribution in [3.8, 4) is 6.07 Å². The number of aryl methyl sites for hydroxylation is 2. The van der Waals surface area contributed by atoms with Crippen molar-refractivity contribution in [1.29, 1.82) is 5.26 Å². The van der Waals surface area contributed by atoms with E-state index >= 15 is 0 Å². The van der Waals surface area contributed by atoms with Crippen molar-refractivity contribution < 1.29 is 4.79 Å². The molecule has 1 aliphatic rings. The molecule has 6 nitrogen and oxygen atoms in total. The number of amidine groups is 1. The third-order valence-corrected chi connectivity index (χ3v) is 5.69. The molecular weight excluding hydrogens is 418 g/mol. The molecule has 32 heavy (non-hydrogen) atoms. The maximum atomic E-state index is 12.3. The molecule has 0 unspecified atom stereocenters. The minimum absolute atomic E-state index is 0.195. The Morgan fingerprint density at radius 2 is 1.72 bits per heavy atom. The zero-order valence-electron chi connectivity index (χ0n) is 17.5. The quantitative estimate of drug-likeness (QED) is 0.374. The number of aliphatic imine (C=N–C) groups is 1. The molecule has 0 aliphatic carbocycles. The van der Waals surface area contributed by atoms with Gasteiger partial charge in [-0.15, -0.1) is 0 Å². The summed E-state index contributed by atoms with van der Waals surface area (Å²) in [6.45, 7) is 3.94. The van der Waals surface area contributed by atoms with Gasteiger partial charge in [-0.2, -0.15) is 15.5 Å². The van der Waals surface area contributed by atoms with Gasteiger partial charge in [0.1, 0.15) is 0 Å². The zero-order chi connectivity index (χ0) is 22.5. The van der Waals surface area contributed by atoms with E-state index in [4.69, 9.17) is 5.26 Å². The number of amides is 1. The molecule has 1 amide bonds. The van der Waals surface area contributed by atoms with Gasteiger partial charge < -0.3 is 5.32 Å². The molecule has 0 saturated carbocycles. The van der Waals surface area contributed by atoms with Gasteiger partial charge in [0.15, 0.2) is 5.17 Å². The number of benzene rings is 3. The van der Waals surface area contributed by atoms with Crippen LogP contribution < -0.4 is 5.32 Å². The molecule has 156 valence electrons. The van der Waals surface area contributed by atoms with Gasteiger partial charge in [-0.1, -0.05) is 30.3 Å². The lowest BCUT2D eigenvalue weighted by atomic mass is 10.1. The number of hydrogen-bond acceptors (Lipinski definition) is 6. The third-order valence-electron chi connectivity index (χ3n) is 4.78. The molecule has 1 saturated heterocycles. The Hall–Kier alpha value is -4.02. The van der Waals surface area contributed by atoms with Gasteiger partial charge in [0.05, 0.1) is 33.6 Å². The fourth-order valence-electron chi connectivity index (χ4n) is 3.01. The van der Waals surface area contributed by atoms with Crippen LogP contribution in [0.15, 0.2) is 86.9 Å². The van der Waals surface area contributed by atoms with Crippen LogP contribution in [0.1, 0.15) is 22.3 Å². The van der Waals surface area contributed by atoms with E-state index < -0.39 is 0 Å². The molecule has 0 bridgehead atoms. The highest BCUT2D eigenvalue weighted by Gasteiger charge is 2.24. The number of nitrogens with zero attached hydrogens (tertiary/aromatic N) is 4. The number of azo groups is 1. The molecule has 0 aromatic heterocycles. The first kappa shape index (κ1) is 21.2. The summed E-state index contributed by atoms with van der Waals surface area (Å²) in [7, 11) is 0. The molecule has 4 rings (SSSR count). The maximum absolute atomic E-state index is 12.3. The Bertz CT molecular complexity index is 1320. The van der Waals surface area contributed by atoms with Crippen LogP contribution in [0.5, 0.6) is 0 Å². The van der Waals surface area contributed by atoms with E-state index in [0.29, 0.717) is 15.6 Å². The summed E-state index contributed by atoms with van der Waals surface area (Å²) < 4.78 is 0. The minimum atomic E-state index is -0.195. The second-order valence-electron chi connectivity index (χ2n) is 7.17. The molecule has 0 atom stereocenters. The van der Waals surface area contributed by atoms with E-state index in [2.05, 4.69) is 26.6 Å². The fraction of sp³-hybridized carbons (Fsp3) is 0.0800. The second kappa shape index (κ2) is 9.41. The van der Waals surface area contributed by atoms with Crippen LogP contribution in [0.3, 0.4) is 0 Å². The zero-order valence-corrected chi connectivity index (χ0v) is 18.4. The molecule has 0 radical (unpaired) electrons. The van der Waals surface area contributed by atoms with Gasteiger partial charge in [0, 0.05) is 0 Å². The summed E-state index contributed by atoms with van der Waals surface area (Å²) in [4.78, 5) is 17.5. The largest absolute Gasteiger partial charge is 0.300 e.